The van der Waals surface area contributed by atoms with Gasteiger partial charge in [-0.2, -0.15) is 11.8 Å². The first kappa shape index (κ1) is 13.7. The van der Waals surface area contributed by atoms with E-state index >= 15 is 0 Å². The molecule has 0 saturated carbocycles. The summed E-state index contributed by atoms with van der Waals surface area (Å²) >= 11 is 1.97. The van der Waals surface area contributed by atoms with Crippen LogP contribution in [0.15, 0.2) is 12.1 Å². The Morgan fingerprint density at radius 2 is 2.06 bits per heavy atom. The predicted molar refractivity (Wildman–Crippen MR) is 81.6 cm³/mol. The second-order valence-corrected chi connectivity index (χ2v) is 6.38. The molecule has 1 heterocycles. The van der Waals surface area contributed by atoms with Gasteiger partial charge in [0.2, 0.25) is 0 Å². The summed E-state index contributed by atoms with van der Waals surface area (Å²) in [5.41, 5.74) is 2.76. The summed E-state index contributed by atoms with van der Waals surface area (Å²) in [6.45, 7) is 5.56. The zero-order valence-electron chi connectivity index (χ0n) is 11.8. The van der Waals surface area contributed by atoms with Crippen LogP contribution < -0.4 is 5.32 Å². The monoisotopic (exact) mass is 264 g/mol. The van der Waals surface area contributed by atoms with Crippen LogP contribution >= 0.6 is 11.8 Å². The number of nitrogens with zero attached hydrogens (tertiary/aromatic N) is 1. The van der Waals surface area contributed by atoms with Gasteiger partial charge >= 0.3 is 0 Å². The first-order valence-corrected chi connectivity index (χ1v) is 8.23. The Bertz CT molecular complexity index is 391. The number of nitrogens with one attached hydrogen (secondary N) is 1. The highest BCUT2D eigenvalue weighted by Crippen LogP contribution is 2.31. The molecule has 0 amide bonds. The molecule has 0 aliphatic heterocycles. The Balaban J connectivity index is 2.01. The van der Waals surface area contributed by atoms with Gasteiger partial charge in [-0.25, -0.2) is 4.98 Å². The molecule has 0 aromatic carbocycles. The minimum atomic E-state index is 0.348. The first-order valence-electron chi connectivity index (χ1n) is 7.01. The Morgan fingerprint density at radius 1 is 1.28 bits per heavy atom. The molecule has 2 nitrogen and oxygen atoms in total. The van der Waals surface area contributed by atoms with Crippen molar-refractivity contribution >= 4 is 17.6 Å². The molecule has 1 aromatic heterocycles. The number of pyridine rings is 1. The molecule has 1 aliphatic rings. The van der Waals surface area contributed by atoms with Gasteiger partial charge in [0, 0.05) is 17.0 Å². The normalized spacial score (nSPS) is 14.6. The lowest BCUT2D eigenvalue weighted by Crippen LogP contribution is -2.32. The van der Waals surface area contributed by atoms with Gasteiger partial charge in [0.1, 0.15) is 5.82 Å². The second-order valence-electron chi connectivity index (χ2n) is 5.10. The molecule has 100 valence electrons. The Labute approximate surface area is 115 Å². The number of anilines is 1. The smallest absolute Gasteiger partial charge is 0.126 e. The SMILES string of the molecule is CCC(CC)(CNc1ccc2c(n1)CCC2)SC. The van der Waals surface area contributed by atoms with Crippen LogP contribution in [-0.4, -0.2) is 22.5 Å². The van der Waals surface area contributed by atoms with E-state index in [0.29, 0.717) is 4.75 Å². The van der Waals surface area contributed by atoms with Crippen LogP contribution in [0.25, 0.3) is 0 Å². The largest absolute Gasteiger partial charge is 0.369 e. The molecule has 0 radical (unpaired) electrons. The highest BCUT2D eigenvalue weighted by atomic mass is 32.2. The van der Waals surface area contributed by atoms with Crippen LogP contribution in [0.1, 0.15) is 44.4 Å². The van der Waals surface area contributed by atoms with Crippen LogP contribution in [0.3, 0.4) is 0 Å². The topological polar surface area (TPSA) is 24.9 Å². The third kappa shape index (κ3) is 2.82. The zero-order chi connectivity index (χ0) is 13.0. The lowest BCUT2D eigenvalue weighted by molar-refractivity contribution is 0.574. The molecule has 0 bridgehead atoms. The Hall–Kier alpha value is -0.700. The van der Waals surface area contributed by atoms with E-state index in [1.165, 1.54) is 36.9 Å². The number of aromatic nitrogens is 1. The molecule has 2 rings (SSSR count). The molecular weight excluding hydrogens is 240 g/mol. The third-order valence-corrected chi connectivity index (χ3v) is 5.83. The lowest BCUT2D eigenvalue weighted by atomic mass is 10.0. The molecule has 0 spiro atoms. The molecule has 18 heavy (non-hydrogen) atoms. The van der Waals surface area contributed by atoms with Crippen LogP contribution in [0.5, 0.6) is 0 Å². The minimum Gasteiger partial charge on any atom is -0.369 e. The van der Waals surface area contributed by atoms with E-state index in [1.807, 2.05) is 11.8 Å². The van der Waals surface area contributed by atoms with E-state index in [4.69, 9.17) is 4.98 Å². The van der Waals surface area contributed by atoms with Crippen molar-refractivity contribution < 1.29 is 0 Å². The number of rotatable bonds is 6. The van der Waals surface area contributed by atoms with Gasteiger partial charge in [0.25, 0.3) is 0 Å². The summed E-state index contributed by atoms with van der Waals surface area (Å²) in [6.07, 6.45) is 8.24. The second kappa shape index (κ2) is 5.96. The number of aryl methyl sites for hydroxylation is 2. The van der Waals surface area contributed by atoms with E-state index < -0.39 is 0 Å². The maximum Gasteiger partial charge on any atom is 0.126 e. The highest BCUT2D eigenvalue weighted by molar-refractivity contribution is 8.00. The standard InChI is InChI=1S/C15H24N2S/c1-4-15(5-2,18-3)11-16-14-10-9-12-7-6-8-13(12)17-14/h9-10H,4-8,11H2,1-3H3,(H,16,17). The summed E-state index contributed by atoms with van der Waals surface area (Å²) in [7, 11) is 0. The molecule has 3 heteroatoms. The maximum absolute atomic E-state index is 4.74. The first-order chi connectivity index (χ1) is 8.73. The molecular formula is C15H24N2S. The fourth-order valence-corrected chi connectivity index (χ4v) is 3.43. The van der Waals surface area contributed by atoms with Crippen molar-refractivity contribution in [2.75, 3.05) is 18.1 Å². The predicted octanol–water partition coefficient (Wildman–Crippen LogP) is 3.90. The van der Waals surface area contributed by atoms with E-state index in [9.17, 15) is 0 Å². The summed E-state index contributed by atoms with van der Waals surface area (Å²) in [6, 6.07) is 4.39. The van der Waals surface area contributed by atoms with Gasteiger partial charge in [-0.05, 0) is 50.0 Å². The van der Waals surface area contributed by atoms with Gasteiger partial charge < -0.3 is 5.32 Å². The van der Waals surface area contributed by atoms with E-state index in [2.05, 4.69) is 37.6 Å². The van der Waals surface area contributed by atoms with E-state index in [0.717, 1.165) is 18.8 Å². The number of hydrogen-bond acceptors (Lipinski definition) is 3. The van der Waals surface area contributed by atoms with Crippen molar-refractivity contribution in [3.63, 3.8) is 0 Å². The summed E-state index contributed by atoms with van der Waals surface area (Å²) in [4.78, 5) is 4.74. The van der Waals surface area contributed by atoms with Gasteiger partial charge in [-0.1, -0.05) is 19.9 Å². The summed E-state index contributed by atoms with van der Waals surface area (Å²) in [5.74, 6) is 1.05. The summed E-state index contributed by atoms with van der Waals surface area (Å²) in [5, 5.41) is 3.54. The number of thioether (sulfide) groups is 1. The van der Waals surface area contributed by atoms with Gasteiger partial charge in [0.05, 0.1) is 0 Å². The molecule has 1 aromatic rings. The van der Waals surface area contributed by atoms with Crippen LogP contribution in [0, 0.1) is 0 Å². The summed E-state index contributed by atoms with van der Waals surface area (Å²) < 4.78 is 0.348. The average molecular weight is 264 g/mol. The molecule has 0 fully saturated rings. The number of hydrogen-bond donors (Lipinski definition) is 1. The fourth-order valence-electron chi connectivity index (χ4n) is 2.63. The quantitative estimate of drug-likeness (QED) is 0.843. The van der Waals surface area contributed by atoms with Crippen molar-refractivity contribution in [3.8, 4) is 0 Å². The van der Waals surface area contributed by atoms with Crippen LogP contribution in [-0.2, 0) is 12.8 Å². The van der Waals surface area contributed by atoms with Crippen molar-refractivity contribution in [3.05, 3.63) is 23.4 Å². The third-order valence-electron chi connectivity index (χ3n) is 4.24. The lowest BCUT2D eigenvalue weighted by Gasteiger charge is -2.30. The highest BCUT2D eigenvalue weighted by Gasteiger charge is 2.24. The van der Waals surface area contributed by atoms with Gasteiger partial charge in [-0.15, -0.1) is 0 Å². The molecule has 1 aliphatic carbocycles. The molecule has 0 saturated heterocycles. The fraction of sp³-hybridized carbons (Fsp3) is 0.667. The average Bonchev–Trinajstić information content (AvgIpc) is 2.88. The van der Waals surface area contributed by atoms with Crippen molar-refractivity contribution in [1.82, 2.24) is 4.98 Å². The Morgan fingerprint density at radius 3 is 2.72 bits per heavy atom. The molecule has 0 atom stereocenters. The van der Waals surface area contributed by atoms with Crippen LogP contribution in [0.2, 0.25) is 0 Å². The van der Waals surface area contributed by atoms with Crippen LogP contribution in [0.4, 0.5) is 5.82 Å². The van der Waals surface area contributed by atoms with Crippen molar-refractivity contribution in [2.24, 2.45) is 0 Å². The minimum absolute atomic E-state index is 0.348. The maximum atomic E-state index is 4.74. The molecule has 0 unspecified atom stereocenters. The van der Waals surface area contributed by atoms with Gasteiger partial charge in [-0.3, -0.25) is 0 Å². The van der Waals surface area contributed by atoms with E-state index in [1.54, 1.807) is 0 Å². The zero-order valence-corrected chi connectivity index (χ0v) is 12.6. The van der Waals surface area contributed by atoms with E-state index in [-0.39, 0.29) is 0 Å². The number of fused-ring (bicyclic) bond motifs is 1. The van der Waals surface area contributed by atoms with Crippen molar-refractivity contribution in [1.29, 1.82) is 0 Å². The van der Waals surface area contributed by atoms with Gasteiger partial charge in [0.15, 0.2) is 0 Å². The van der Waals surface area contributed by atoms with Crippen molar-refractivity contribution in [2.45, 2.75) is 50.7 Å². The molecule has 1 N–H and O–H groups in total. The Kier molecular flexibility index (Phi) is 4.55.